The molecule has 0 aromatic heterocycles. The monoisotopic (exact) mass is 1290 g/mol. The van der Waals surface area contributed by atoms with Crippen LogP contribution in [0.3, 0.4) is 0 Å². The third-order valence-electron chi connectivity index (χ3n) is 15.7. The fourth-order valence-electron chi connectivity index (χ4n) is 10.4. The molecule has 4 rings (SSSR count). The van der Waals surface area contributed by atoms with Crippen molar-refractivity contribution in [1.29, 1.82) is 0 Å². The lowest BCUT2D eigenvalue weighted by Gasteiger charge is -2.46. The Kier molecular flexibility index (Phi) is 36.0. The second kappa shape index (κ2) is 41.2. The Morgan fingerprint density at radius 2 is 0.809 bits per heavy atom. The van der Waals surface area contributed by atoms with Gasteiger partial charge >= 0.3 is 0 Å². The van der Waals surface area contributed by atoms with Crippen molar-refractivity contribution in [3.63, 3.8) is 0 Å². The number of aliphatic hydroxyl groups is 13. The largest absolute Gasteiger partial charge is 0.394 e. The maximum atomic E-state index is 13.2. The number of nitrogens with one attached hydrogen (secondary N) is 3. The number of ketones is 5. The molecule has 4 saturated heterocycles. The van der Waals surface area contributed by atoms with E-state index in [1.165, 1.54) is 11.8 Å². The third-order valence-corrected chi connectivity index (χ3v) is 15.7. The number of carbonyl (C=O) groups is 7. The molecule has 0 bridgehead atoms. The number of nitrogens with zero attached hydrogens (tertiary/aromatic N) is 1. The summed E-state index contributed by atoms with van der Waals surface area (Å²) < 4.78 is 44.3. The number of aliphatic hydroxyl groups excluding tert-OH is 13. The van der Waals surface area contributed by atoms with Gasteiger partial charge in [0.1, 0.15) is 120 Å². The van der Waals surface area contributed by atoms with Gasteiger partial charge < -0.3 is 120 Å². The molecule has 0 radical (unpaired) electrons. The minimum atomic E-state index is -1.94. The van der Waals surface area contributed by atoms with Gasteiger partial charge in [0.15, 0.2) is 25.2 Å². The zero-order valence-corrected chi connectivity index (χ0v) is 50.7. The van der Waals surface area contributed by atoms with Crippen LogP contribution in [0.4, 0.5) is 0 Å². The van der Waals surface area contributed by atoms with Crippen LogP contribution in [0.5, 0.6) is 0 Å². The van der Waals surface area contributed by atoms with Gasteiger partial charge in [0.25, 0.3) is 0 Å². The first-order chi connectivity index (χ1) is 42.4. The van der Waals surface area contributed by atoms with Crippen molar-refractivity contribution < 1.29 is 138 Å². The van der Waals surface area contributed by atoms with Gasteiger partial charge in [0.05, 0.1) is 65.3 Å². The topological polar surface area (TPSA) is 496 Å². The van der Waals surface area contributed by atoms with Gasteiger partial charge in [-0.3, -0.25) is 38.5 Å². The number of ether oxygens (including phenoxy) is 8. The molecular formula is C57H98N4O28. The van der Waals surface area contributed by atoms with E-state index in [9.17, 15) is 99.9 Å². The van der Waals surface area contributed by atoms with E-state index in [0.717, 1.165) is 0 Å². The maximum absolute atomic E-state index is 13.2. The maximum Gasteiger partial charge on any atom is 0.220 e. The Morgan fingerprint density at radius 3 is 1.30 bits per heavy atom. The summed E-state index contributed by atoms with van der Waals surface area (Å²) in [6.45, 7) is -1.38. The summed E-state index contributed by atoms with van der Waals surface area (Å²) in [5.74, 6) is -1.50. The highest BCUT2D eigenvalue weighted by atomic mass is 16.8. The van der Waals surface area contributed by atoms with Crippen molar-refractivity contribution >= 4 is 40.7 Å². The number of Topliss-reactive ketones (excluding diaryl/α,β-unsaturated/α-hetero) is 5. The highest BCUT2D eigenvalue weighted by Gasteiger charge is 2.52. The Balaban J connectivity index is 1.18. The van der Waals surface area contributed by atoms with Gasteiger partial charge in [-0.2, -0.15) is 0 Å². The van der Waals surface area contributed by atoms with Crippen molar-refractivity contribution in [3.05, 3.63) is 0 Å². The Labute approximate surface area is 516 Å². The number of rotatable bonds is 44. The highest BCUT2D eigenvalue weighted by Crippen LogP contribution is 2.31. The lowest BCUT2D eigenvalue weighted by atomic mass is 9.96. The lowest BCUT2D eigenvalue weighted by molar-refractivity contribution is -0.366. The summed E-state index contributed by atoms with van der Waals surface area (Å²) in [6, 6.07) is 0. The number of hydrogen-bond acceptors (Lipinski definition) is 30. The Bertz CT molecular complexity index is 2130. The molecule has 20 atom stereocenters. The quantitative estimate of drug-likeness (QED) is 0.0252. The van der Waals surface area contributed by atoms with E-state index < -0.39 is 143 Å². The van der Waals surface area contributed by atoms with Crippen molar-refractivity contribution in [1.82, 2.24) is 20.9 Å². The second-order valence-corrected chi connectivity index (χ2v) is 23.0. The predicted octanol–water partition coefficient (Wildman–Crippen LogP) is -6.47. The molecule has 89 heavy (non-hydrogen) atoms. The minimum absolute atomic E-state index is 0.00843. The van der Waals surface area contributed by atoms with Crippen LogP contribution in [0.15, 0.2) is 0 Å². The van der Waals surface area contributed by atoms with Crippen LogP contribution in [-0.2, 0) is 71.5 Å². The van der Waals surface area contributed by atoms with E-state index in [1.807, 2.05) is 0 Å². The molecular weight excluding hydrogens is 1190 g/mol. The number of likely N-dealkylation sites (N-methyl/N-ethyl adjacent to an activating group) is 1. The summed E-state index contributed by atoms with van der Waals surface area (Å²) in [6.07, 6.45) is -26.4. The van der Waals surface area contributed by atoms with E-state index in [-0.39, 0.29) is 151 Å². The van der Waals surface area contributed by atoms with E-state index in [0.29, 0.717) is 51.4 Å². The van der Waals surface area contributed by atoms with Crippen molar-refractivity contribution in [2.24, 2.45) is 0 Å². The van der Waals surface area contributed by atoms with Crippen LogP contribution in [0.1, 0.15) is 116 Å². The molecule has 0 aromatic carbocycles. The van der Waals surface area contributed by atoms with Crippen molar-refractivity contribution in [2.45, 2.75) is 239 Å². The standard InChI is InChI=1S/C57H98N4O28/c1-31-42(71)46(75)49(78)54(85-31)82-22-20-59-40(69)16-9-5-3-7-12-34(66)25-61(27-36(68)15-11-14-32(64)18-19-33(65)24-58-2)26-35(67)13-8-4-6-10-17-41(70)60-21-23-83-56-52(81)53(89-57-51(80)48(77)44(73)38(29-63)87-57)45(74)39(88-56)30-84-55-50(79)47(76)43(72)37(28-62)86-55/h31,37-39,42-58,62-63,71-81H,3-30H2,1-2H3,(H,59,69)(H,60,70)/t31-,37+,38+,39+,42+,43+,44+,45+,46+,47-,48-,49-,50-,51-,52-,53-,54+,55-,56-,57+/m0/s1. The molecule has 4 aliphatic rings. The van der Waals surface area contributed by atoms with Crippen LogP contribution >= 0.6 is 0 Å². The van der Waals surface area contributed by atoms with Crippen LogP contribution in [0, 0.1) is 0 Å². The number of carbonyl (C=O) groups excluding carboxylic acids is 7. The number of amides is 2. The van der Waals surface area contributed by atoms with Crippen molar-refractivity contribution in [2.75, 3.05) is 79.4 Å². The Hall–Kier alpha value is -3.63. The molecule has 4 aliphatic heterocycles. The molecule has 0 aromatic rings. The summed E-state index contributed by atoms with van der Waals surface area (Å²) in [5.41, 5.74) is 0. The molecule has 4 fully saturated rings. The molecule has 0 unspecified atom stereocenters. The van der Waals surface area contributed by atoms with Gasteiger partial charge in [-0.25, -0.2) is 0 Å². The van der Waals surface area contributed by atoms with Gasteiger partial charge in [0.2, 0.25) is 11.8 Å². The zero-order chi connectivity index (χ0) is 65.7. The van der Waals surface area contributed by atoms with E-state index in [1.54, 1.807) is 7.05 Å². The molecule has 0 spiro atoms. The third kappa shape index (κ3) is 26.4. The SMILES string of the molecule is CNCC(=O)CCC(=O)CCCC(=O)CN(CC(=O)CCCCCCC(=O)NCCO[C@@H]1O[C@@H](C)[C@@H](O)[C@@H](O)[C@@H]1O)CC(=O)CCCCCCC(=O)NCCO[C@H]1O[C@H](CO[C@H]2O[C@H](CO)[C@@H](O)[C@H](O)[C@@H]2O)[C@@H](O)[C@H](O[C@H]2O[C@H](CO)[C@@H](O)[C@H](O)[C@@H]2O)[C@@H]1O. The first kappa shape index (κ1) is 77.8. The molecule has 514 valence electrons. The van der Waals surface area contributed by atoms with Crippen LogP contribution in [0.25, 0.3) is 0 Å². The smallest absolute Gasteiger partial charge is 0.220 e. The van der Waals surface area contributed by atoms with Gasteiger partial charge in [0, 0.05) is 64.5 Å². The van der Waals surface area contributed by atoms with Crippen molar-refractivity contribution in [3.8, 4) is 0 Å². The van der Waals surface area contributed by atoms with Crippen LogP contribution in [-0.4, -0.2) is 314 Å². The summed E-state index contributed by atoms with van der Waals surface area (Å²) in [7, 11) is 1.63. The normalized spacial score (nSPS) is 32.4. The fraction of sp³-hybridized carbons (Fsp3) is 0.877. The van der Waals surface area contributed by atoms with Gasteiger partial charge in [-0.05, 0) is 46.1 Å². The molecule has 0 saturated carbocycles. The summed E-state index contributed by atoms with van der Waals surface area (Å²) in [4.78, 5) is 90.3. The molecule has 32 nitrogen and oxygen atoms in total. The predicted molar refractivity (Wildman–Crippen MR) is 303 cm³/mol. The zero-order valence-electron chi connectivity index (χ0n) is 50.7. The van der Waals surface area contributed by atoms with Crippen LogP contribution < -0.4 is 16.0 Å². The fourth-order valence-corrected chi connectivity index (χ4v) is 10.4. The minimum Gasteiger partial charge on any atom is -0.394 e. The molecule has 4 heterocycles. The summed E-state index contributed by atoms with van der Waals surface area (Å²) in [5, 5.41) is 142. The first-order valence-electron chi connectivity index (χ1n) is 30.7. The Morgan fingerprint density at radius 1 is 0.404 bits per heavy atom. The number of hydrogen-bond donors (Lipinski definition) is 16. The van der Waals surface area contributed by atoms with E-state index >= 15 is 0 Å². The second-order valence-electron chi connectivity index (χ2n) is 23.0. The van der Waals surface area contributed by atoms with E-state index in [4.69, 9.17) is 37.9 Å². The highest BCUT2D eigenvalue weighted by molar-refractivity contribution is 5.88. The lowest BCUT2D eigenvalue weighted by Crippen LogP contribution is -2.65. The average molecular weight is 1290 g/mol. The van der Waals surface area contributed by atoms with Gasteiger partial charge in [-0.15, -0.1) is 0 Å². The van der Waals surface area contributed by atoms with Gasteiger partial charge in [-0.1, -0.05) is 25.7 Å². The number of unbranched alkanes of at least 4 members (excludes halogenated alkanes) is 6. The molecule has 0 aliphatic carbocycles. The summed E-state index contributed by atoms with van der Waals surface area (Å²) >= 11 is 0. The van der Waals surface area contributed by atoms with Crippen LogP contribution in [0.2, 0.25) is 0 Å². The molecule has 16 N–H and O–H groups in total. The first-order valence-corrected chi connectivity index (χ1v) is 30.7. The van der Waals surface area contributed by atoms with E-state index in [2.05, 4.69) is 16.0 Å². The average Bonchev–Trinajstić information content (AvgIpc) is 1.79. The molecule has 32 heteroatoms. The molecule has 2 amide bonds.